The molecule has 3 amide bonds. The number of carbonyl (C=O) groups is 3. The summed E-state index contributed by atoms with van der Waals surface area (Å²) in [5.41, 5.74) is 1.24. The molecule has 3 heterocycles. The van der Waals surface area contributed by atoms with Crippen LogP contribution in [0.15, 0.2) is 46.2 Å². The number of thiazole rings is 1. The normalized spacial score (nSPS) is 29.9. The van der Waals surface area contributed by atoms with E-state index < -0.39 is 17.7 Å². The van der Waals surface area contributed by atoms with Crippen molar-refractivity contribution >= 4 is 92.9 Å². The van der Waals surface area contributed by atoms with Gasteiger partial charge >= 0.3 is 4.87 Å². The fourth-order valence-corrected chi connectivity index (χ4v) is 10.9. The molecule has 3 fully saturated rings. The van der Waals surface area contributed by atoms with Crippen LogP contribution in [0.1, 0.15) is 22.8 Å². The number of aromatic amines is 1. The van der Waals surface area contributed by atoms with Crippen LogP contribution >= 0.6 is 69.5 Å². The van der Waals surface area contributed by atoms with Gasteiger partial charge in [-0.2, -0.15) is 0 Å². The van der Waals surface area contributed by atoms with Crippen LogP contribution in [0, 0.1) is 29.6 Å². The number of nitrogens with zero attached hydrogens (tertiary/aromatic N) is 1. The van der Waals surface area contributed by atoms with Gasteiger partial charge in [0.05, 0.1) is 37.0 Å². The van der Waals surface area contributed by atoms with E-state index in [1.807, 2.05) is 12.1 Å². The molecule has 2 bridgehead atoms. The molecule has 7 atom stereocenters. The van der Waals surface area contributed by atoms with Gasteiger partial charge in [-0.15, -0.1) is 11.8 Å². The molecule has 206 valence electrons. The van der Waals surface area contributed by atoms with Gasteiger partial charge in [0.25, 0.3) is 0 Å². The van der Waals surface area contributed by atoms with E-state index in [0.29, 0.717) is 20.8 Å². The summed E-state index contributed by atoms with van der Waals surface area (Å²) in [6, 6.07) is 10.1. The number of anilines is 1. The van der Waals surface area contributed by atoms with E-state index in [2.05, 4.69) is 10.3 Å². The first-order valence-electron chi connectivity index (χ1n) is 12.6. The van der Waals surface area contributed by atoms with Crippen LogP contribution in [0.2, 0.25) is 20.1 Å². The molecule has 2 aliphatic heterocycles. The van der Waals surface area contributed by atoms with Gasteiger partial charge in [-0.3, -0.25) is 24.1 Å². The number of benzene rings is 2. The first kappa shape index (κ1) is 26.9. The second-order valence-electron chi connectivity index (χ2n) is 10.5. The summed E-state index contributed by atoms with van der Waals surface area (Å²) in [5.74, 6) is -2.56. The molecule has 7 nitrogen and oxygen atoms in total. The molecular weight excluding hydrogens is 636 g/mol. The maximum absolute atomic E-state index is 13.7. The zero-order chi connectivity index (χ0) is 28.0. The lowest BCUT2D eigenvalue weighted by molar-refractivity contribution is -0.143. The molecule has 0 radical (unpaired) electrons. The molecule has 13 heteroatoms. The van der Waals surface area contributed by atoms with E-state index in [1.165, 1.54) is 6.07 Å². The average molecular weight is 655 g/mol. The van der Waals surface area contributed by atoms with Crippen molar-refractivity contribution < 1.29 is 14.4 Å². The molecule has 1 saturated heterocycles. The molecule has 2 saturated carbocycles. The number of hydrogen-bond donors (Lipinski definition) is 2. The molecule has 3 aromatic rings. The Morgan fingerprint density at radius 2 is 1.73 bits per heavy atom. The van der Waals surface area contributed by atoms with E-state index >= 15 is 0 Å². The largest absolute Gasteiger partial charge is 0.324 e. The van der Waals surface area contributed by atoms with Crippen molar-refractivity contribution in [3.05, 3.63) is 76.6 Å². The number of nitrogens with one attached hydrogen (secondary N) is 2. The number of fused-ring (bicyclic) bond motifs is 9. The molecule has 1 aromatic heterocycles. The summed E-state index contributed by atoms with van der Waals surface area (Å²) in [7, 11) is 0. The Hall–Kier alpha value is -2.01. The van der Waals surface area contributed by atoms with Crippen molar-refractivity contribution in [2.24, 2.45) is 29.6 Å². The summed E-state index contributed by atoms with van der Waals surface area (Å²) in [6.45, 7) is -0.378. The molecular formula is C27H19Cl4N3O4S2. The van der Waals surface area contributed by atoms with Crippen LogP contribution in [0.4, 0.5) is 5.69 Å². The lowest BCUT2D eigenvalue weighted by Gasteiger charge is -2.43. The number of hydrogen-bond acceptors (Lipinski definition) is 6. The molecule has 0 spiro atoms. The van der Waals surface area contributed by atoms with Crippen molar-refractivity contribution in [3.8, 4) is 0 Å². The first-order valence-corrected chi connectivity index (χ1v) is 15.8. The third kappa shape index (κ3) is 4.00. The number of imide groups is 1. The average Bonchev–Trinajstić information content (AvgIpc) is 3.64. The number of carbonyl (C=O) groups excluding carboxylic acids is 3. The van der Waals surface area contributed by atoms with E-state index in [4.69, 9.17) is 46.4 Å². The minimum Gasteiger partial charge on any atom is -0.324 e. The highest BCUT2D eigenvalue weighted by atomic mass is 35.5. The topological polar surface area (TPSA) is 99.3 Å². The van der Waals surface area contributed by atoms with Gasteiger partial charge in [0.2, 0.25) is 17.7 Å². The molecule has 6 unspecified atom stereocenters. The maximum Gasteiger partial charge on any atom is 0.305 e. The number of halogens is 4. The van der Waals surface area contributed by atoms with Gasteiger partial charge in [-0.25, -0.2) is 0 Å². The van der Waals surface area contributed by atoms with E-state index in [1.54, 1.807) is 30.0 Å². The molecule has 2 aromatic carbocycles. The van der Waals surface area contributed by atoms with Crippen LogP contribution in [0.25, 0.3) is 0 Å². The Balaban J connectivity index is 1.20. The fraction of sp³-hybridized carbons (Fsp3) is 0.333. The zero-order valence-corrected chi connectivity index (χ0v) is 25.0. The Morgan fingerprint density at radius 3 is 2.48 bits per heavy atom. The highest BCUT2D eigenvalue weighted by Gasteiger charge is 2.69. The first-order chi connectivity index (χ1) is 19.1. The number of likely N-dealkylation sites (tertiary alicyclic amines) is 1. The Bertz CT molecular complexity index is 1680. The second kappa shape index (κ2) is 9.78. The third-order valence-electron chi connectivity index (χ3n) is 8.64. The molecule has 2 N–H and O–H groups in total. The van der Waals surface area contributed by atoms with Crippen molar-refractivity contribution in [1.82, 2.24) is 9.88 Å². The Morgan fingerprint density at radius 1 is 0.975 bits per heavy atom. The van der Waals surface area contributed by atoms with Gasteiger partial charge < -0.3 is 10.3 Å². The number of rotatable bonds is 4. The SMILES string of the molecule is O=C(CN1C(=O)C2C3CC(C2C1=O)C1C3Sc2[nH]c(=O)sc2[C@@H]1c1cccc(Cl)c1Cl)Nc1ccc(Cl)c(Cl)c1. The molecule has 4 aliphatic rings. The predicted octanol–water partition coefficient (Wildman–Crippen LogP) is 6.16. The van der Waals surface area contributed by atoms with Crippen LogP contribution in [0.3, 0.4) is 0 Å². The summed E-state index contributed by atoms with van der Waals surface area (Å²) in [6.07, 6.45) is 0.728. The monoisotopic (exact) mass is 653 g/mol. The lowest BCUT2D eigenvalue weighted by atomic mass is 9.68. The summed E-state index contributed by atoms with van der Waals surface area (Å²) < 4.78 is 0. The lowest BCUT2D eigenvalue weighted by Crippen LogP contribution is -2.42. The highest BCUT2D eigenvalue weighted by Crippen LogP contribution is 2.69. The second-order valence-corrected chi connectivity index (χ2v) is 14.3. The van der Waals surface area contributed by atoms with Gasteiger partial charge in [0.15, 0.2) is 0 Å². The minimum atomic E-state index is -0.519. The van der Waals surface area contributed by atoms with E-state index in [-0.39, 0.29) is 57.2 Å². The van der Waals surface area contributed by atoms with Crippen molar-refractivity contribution in [1.29, 1.82) is 0 Å². The minimum absolute atomic E-state index is 0.00536. The van der Waals surface area contributed by atoms with E-state index in [9.17, 15) is 19.2 Å². The van der Waals surface area contributed by atoms with Gasteiger partial charge in [-0.1, -0.05) is 69.9 Å². The van der Waals surface area contributed by atoms with Crippen LogP contribution in [-0.2, 0) is 14.4 Å². The Labute approximate surface area is 256 Å². The predicted molar refractivity (Wildman–Crippen MR) is 157 cm³/mol. The highest BCUT2D eigenvalue weighted by molar-refractivity contribution is 8.00. The van der Waals surface area contributed by atoms with Gasteiger partial charge in [0.1, 0.15) is 6.54 Å². The Kier molecular flexibility index (Phi) is 6.57. The third-order valence-corrected chi connectivity index (χ3v) is 12.8. The molecule has 2 aliphatic carbocycles. The van der Waals surface area contributed by atoms with Gasteiger partial charge in [-0.05, 0) is 54.0 Å². The summed E-state index contributed by atoms with van der Waals surface area (Å²) >= 11 is 27.9. The van der Waals surface area contributed by atoms with E-state index in [0.717, 1.165) is 38.1 Å². The maximum atomic E-state index is 13.7. The summed E-state index contributed by atoms with van der Waals surface area (Å²) in [4.78, 5) is 57.5. The zero-order valence-electron chi connectivity index (χ0n) is 20.3. The number of aromatic nitrogens is 1. The van der Waals surface area contributed by atoms with Gasteiger partial charge in [0, 0.05) is 21.7 Å². The van der Waals surface area contributed by atoms with Crippen molar-refractivity contribution in [3.63, 3.8) is 0 Å². The quantitative estimate of drug-likeness (QED) is 0.328. The molecule has 40 heavy (non-hydrogen) atoms. The standard InChI is InChI=1S/C27H19Cl4N3O4S2/c28-13-5-4-9(6-15(13)30)32-16(35)8-34-25(36)19-11-7-12(20(19)26(34)37)22-18(11)17(10-2-1-3-14(29)21(10)31)23-24(39-22)33-27(38)40-23/h1-6,11-12,17-20,22H,7-8H2,(H,32,35)(H,33,38)/t11?,12?,17-,18?,19?,20?,22?/m1/s1. The van der Waals surface area contributed by atoms with Crippen LogP contribution in [0.5, 0.6) is 0 Å². The summed E-state index contributed by atoms with van der Waals surface area (Å²) in [5, 5.41) is 4.97. The number of thioether (sulfide) groups is 1. The van der Waals surface area contributed by atoms with Crippen LogP contribution in [-0.4, -0.2) is 39.4 Å². The van der Waals surface area contributed by atoms with Crippen molar-refractivity contribution in [2.45, 2.75) is 22.6 Å². The van der Waals surface area contributed by atoms with Crippen molar-refractivity contribution in [2.75, 3.05) is 11.9 Å². The number of H-pyrrole nitrogens is 1. The number of amides is 3. The fourth-order valence-electron chi connectivity index (χ4n) is 7.26. The van der Waals surface area contributed by atoms with Crippen LogP contribution < -0.4 is 10.2 Å². The smallest absolute Gasteiger partial charge is 0.305 e. The molecule has 7 rings (SSSR count).